The molecule has 2 aliphatic rings. The highest BCUT2D eigenvalue weighted by Crippen LogP contribution is 2.63. The molecule has 2 aliphatic carbocycles. The SMILES string of the molecule is c1ccc(-c2cc(-c3ccccc3)cc(N(c3ccccc3)c3ccc4c(c3)C3(c5ccccc5-c5ccccc53)c3ccccc3-4)c2)cc1. The summed E-state index contributed by atoms with van der Waals surface area (Å²) in [6, 6.07) is 73.4. The van der Waals surface area contributed by atoms with Gasteiger partial charge < -0.3 is 4.90 Å². The Kier molecular flexibility index (Phi) is 6.47. The highest BCUT2D eigenvalue weighted by Gasteiger charge is 2.51. The van der Waals surface area contributed by atoms with Crippen LogP contribution in [0.5, 0.6) is 0 Å². The summed E-state index contributed by atoms with van der Waals surface area (Å²) in [5.41, 5.74) is 18.4. The molecule has 0 amide bonds. The lowest BCUT2D eigenvalue weighted by Gasteiger charge is -2.32. The van der Waals surface area contributed by atoms with E-state index in [1.54, 1.807) is 0 Å². The van der Waals surface area contributed by atoms with Crippen LogP contribution in [-0.2, 0) is 5.41 Å². The zero-order valence-electron chi connectivity index (χ0n) is 27.5. The molecule has 8 aromatic carbocycles. The normalized spacial score (nSPS) is 13.0. The van der Waals surface area contributed by atoms with E-state index in [0.29, 0.717) is 0 Å². The third-order valence-electron chi connectivity index (χ3n) is 10.6. The number of hydrogen-bond donors (Lipinski definition) is 0. The van der Waals surface area contributed by atoms with Crippen LogP contribution in [0, 0.1) is 0 Å². The molecule has 0 bridgehead atoms. The van der Waals surface area contributed by atoms with E-state index < -0.39 is 5.41 Å². The predicted octanol–water partition coefficient (Wildman–Crippen LogP) is 12.8. The van der Waals surface area contributed by atoms with Gasteiger partial charge >= 0.3 is 0 Å². The summed E-state index contributed by atoms with van der Waals surface area (Å²) in [6.45, 7) is 0. The van der Waals surface area contributed by atoms with E-state index in [1.165, 1.54) is 66.8 Å². The van der Waals surface area contributed by atoms with E-state index in [4.69, 9.17) is 0 Å². The molecule has 1 heteroatoms. The van der Waals surface area contributed by atoms with Gasteiger partial charge in [0.15, 0.2) is 0 Å². The maximum Gasteiger partial charge on any atom is 0.0726 e. The first-order chi connectivity index (χ1) is 24.8. The van der Waals surface area contributed by atoms with Crippen LogP contribution in [0.3, 0.4) is 0 Å². The maximum atomic E-state index is 2.47. The number of fused-ring (bicyclic) bond motifs is 10. The Labute approximate surface area is 293 Å². The highest BCUT2D eigenvalue weighted by atomic mass is 15.1. The number of nitrogens with zero attached hydrogens (tertiary/aromatic N) is 1. The quantitative estimate of drug-likeness (QED) is 0.182. The first-order valence-electron chi connectivity index (χ1n) is 17.4. The Morgan fingerprint density at radius 3 is 1.18 bits per heavy atom. The third-order valence-corrected chi connectivity index (χ3v) is 10.6. The summed E-state index contributed by atoms with van der Waals surface area (Å²) in [7, 11) is 0. The van der Waals surface area contributed by atoms with Crippen molar-refractivity contribution in [3.05, 3.63) is 222 Å². The van der Waals surface area contributed by atoms with Crippen LogP contribution in [0.2, 0.25) is 0 Å². The van der Waals surface area contributed by atoms with Crippen LogP contribution < -0.4 is 4.90 Å². The van der Waals surface area contributed by atoms with E-state index in [1.807, 2.05) is 0 Å². The molecule has 0 saturated carbocycles. The topological polar surface area (TPSA) is 3.24 Å². The zero-order valence-corrected chi connectivity index (χ0v) is 27.5. The van der Waals surface area contributed by atoms with Crippen molar-refractivity contribution in [3.8, 4) is 44.5 Å². The van der Waals surface area contributed by atoms with Gasteiger partial charge in [-0.25, -0.2) is 0 Å². The van der Waals surface area contributed by atoms with Crippen molar-refractivity contribution in [2.24, 2.45) is 0 Å². The van der Waals surface area contributed by atoms with E-state index in [2.05, 4.69) is 205 Å². The molecular formula is C49H33N. The zero-order chi connectivity index (χ0) is 33.1. The molecule has 10 rings (SSSR count). The molecule has 1 spiro atoms. The van der Waals surface area contributed by atoms with Crippen LogP contribution in [0.4, 0.5) is 17.1 Å². The molecule has 0 N–H and O–H groups in total. The van der Waals surface area contributed by atoms with Gasteiger partial charge in [0.1, 0.15) is 0 Å². The van der Waals surface area contributed by atoms with Gasteiger partial charge in [0, 0.05) is 17.1 Å². The second-order valence-electron chi connectivity index (χ2n) is 13.3. The molecule has 50 heavy (non-hydrogen) atoms. The van der Waals surface area contributed by atoms with Gasteiger partial charge in [-0.3, -0.25) is 0 Å². The van der Waals surface area contributed by atoms with Gasteiger partial charge in [-0.2, -0.15) is 0 Å². The minimum absolute atomic E-state index is 0.404. The Balaban J connectivity index is 1.25. The van der Waals surface area contributed by atoms with Crippen LogP contribution in [0.1, 0.15) is 22.3 Å². The van der Waals surface area contributed by atoms with Crippen molar-refractivity contribution in [1.82, 2.24) is 0 Å². The van der Waals surface area contributed by atoms with Gasteiger partial charge in [0.2, 0.25) is 0 Å². The van der Waals surface area contributed by atoms with Crippen LogP contribution in [-0.4, -0.2) is 0 Å². The smallest absolute Gasteiger partial charge is 0.0726 e. The van der Waals surface area contributed by atoms with Crippen molar-refractivity contribution in [2.75, 3.05) is 4.90 Å². The molecule has 0 aromatic heterocycles. The van der Waals surface area contributed by atoms with E-state index in [0.717, 1.165) is 17.1 Å². The van der Waals surface area contributed by atoms with Crippen molar-refractivity contribution >= 4 is 17.1 Å². The molecule has 0 radical (unpaired) electrons. The Bertz CT molecular complexity index is 2410. The van der Waals surface area contributed by atoms with Gasteiger partial charge in [-0.1, -0.05) is 158 Å². The van der Waals surface area contributed by atoms with Crippen LogP contribution in [0.25, 0.3) is 44.5 Å². The van der Waals surface area contributed by atoms with E-state index in [-0.39, 0.29) is 0 Å². The molecule has 8 aromatic rings. The molecule has 0 fully saturated rings. The largest absolute Gasteiger partial charge is 0.310 e. The second-order valence-corrected chi connectivity index (χ2v) is 13.3. The summed E-state index contributed by atoms with van der Waals surface area (Å²) in [5.74, 6) is 0. The number of para-hydroxylation sites is 1. The van der Waals surface area contributed by atoms with Crippen LogP contribution >= 0.6 is 0 Å². The minimum Gasteiger partial charge on any atom is -0.310 e. The number of hydrogen-bond acceptors (Lipinski definition) is 1. The first kappa shape index (κ1) is 28.6. The summed E-state index contributed by atoms with van der Waals surface area (Å²) in [5, 5.41) is 0. The first-order valence-corrected chi connectivity index (χ1v) is 17.4. The molecule has 0 saturated heterocycles. The molecule has 0 aliphatic heterocycles. The fourth-order valence-electron chi connectivity index (χ4n) is 8.58. The Hall–Kier alpha value is -6.44. The van der Waals surface area contributed by atoms with Gasteiger partial charge in [0.25, 0.3) is 0 Å². The molecule has 0 unspecified atom stereocenters. The van der Waals surface area contributed by atoms with Gasteiger partial charge in [0.05, 0.1) is 5.41 Å². The number of anilines is 3. The molecule has 234 valence electrons. The summed E-state index contributed by atoms with van der Waals surface area (Å²) in [6.07, 6.45) is 0. The highest BCUT2D eigenvalue weighted by molar-refractivity contribution is 5.96. The lowest BCUT2D eigenvalue weighted by atomic mass is 9.70. The predicted molar refractivity (Wildman–Crippen MR) is 208 cm³/mol. The molecule has 1 nitrogen and oxygen atoms in total. The summed E-state index contributed by atoms with van der Waals surface area (Å²) >= 11 is 0. The van der Waals surface area contributed by atoms with Crippen molar-refractivity contribution in [1.29, 1.82) is 0 Å². The Morgan fingerprint density at radius 2 is 0.680 bits per heavy atom. The van der Waals surface area contributed by atoms with Gasteiger partial charge in [-0.15, -0.1) is 0 Å². The fourth-order valence-corrected chi connectivity index (χ4v) is 8.58. The monoisotopic (exact) mass is 635 g/mol. The molecular weight excluding hydrogens is 603 g/mol. The maximum absolute atomic E-state index is 2.47. The van der Waals surface area contributed by atoms with Crippen molar-refractivity contribution < 1.29 is 0 Å². The lowest BCUT2D eigenvalue weighted by molar-refractivity contribution is 0.793. The fraction of sp³-hybridized carbons (Fsp3) is 0.0204. The molecule has 0 heterocycles. The van der Waals surface area contributed by atoms with Crippen LogP contribution in [0.15, 0.2) is 200 Å². The summed E-state index contributed by atoms with van der Waals surface area (Å²) in [4.78, 5) is 2.43. The Morgan fingerprint density at radius 1 is 0.260 bits per heavy atom. The molecule has 0 atom stereocenters. The standard InChI is InChI=1S/C49H33N/c1-4-16-34(17-5-1)36-30-37(35-18-6-2-7-19-35)32-40(31-36)50(38-20-8-3-9-21-38)39-28-29-44-43-24-12-15-27-47(43)49(48(44)33-39)45-25-13-10-22-41(45)42-23-11-14-26-46(42)49/h1-33H. The number of benzene rings is 8. The van der Waals surface area contributed by atoms with E-state index >= 15 is 0 Å². The summed E-state index contributed by atoms with van der Waals surface area (Å²) < 4.78 is 0. The minimum atomic E-state index is -0.404. The number of rotatable bonds is 5. The van der Waals surface area contributed by atoms with Crippen molar-refractivity contribution in [3.63, 3.8) is 0 Å². The van der Waals surface area contributed by atoms with Gasteiger partial charge in [-0.05, 0) is 109 Å². The van der Waals surface area contributed by atoms with Crippen molar-refractivity contribution in [2.45, 2.75) is 5.41 Å². The second kappa shape index (κ2) is 11.3. The average Bonchev–Trinajstić information content (AvgIpc) is 3.66. The lowest BCUT2D eigenvalue weighted by Crippen LogP contribution is -2.26. The van der Waals surface area contributed by atoms with E-state index in [9.17, 15) is 0 Å². The third kappa shape index (κ3) is 4.20. The average molecular weight is 636 g/mol.